The van der Waals surface area contributed by atoms with Crippen molar-refractivity contribution in [2.75, 3.05) is 4.90 Å². The first-order valence-electron chi connectivity index (χ1n) is 7.34. The van der Waals surface area contributed by atoms with Gasteiger partial charge in [0.2, 0.25) is 5.91 Å². The van der Waals surface area contributed by atoms with Gasteiger partial charge >= 0.3 is 0 Å². The lowest BCUT2D eigenvalue weighted by Crippen LogP contribution is -2.33. The van der Waals surface area contributed by atoms with Crippen LogP contribution in [0.2, 0.25) is 0 Å². The molecule has 0 N–H and O–H groups in total. The number of carbonyl (C=O) groups is 1. The average molecular weight is 342 g/mol. The third-order valence-corrected chi connectivity index (χ3v) is 5.24. The summed E-state index contributed by atoms with van der Waals surface area (Å²) in [6, 6.07) is 15.0. The van der Waals surface area contributed by atoms with Gasteiger partial charge in [-0.05, 0) is 47.7 Å². The van der Waals surface area contributed by atoms with Gasteiger partial charge in [-0.2, -0.15) is 0 Å². The van der Waals surface area contributed by atoms with Crippen LogP contribution in [0.25, 0.3) is 0 Å². The Morgan fingerprint density at radius 1 is 1.19 bits per heavy atom. The van der Waals surface area contributed by atoms with Crippen molar-refractivity contribution in [1.82, 2.24) is 0 Å². The molecule has 1 heterocycles. The van der Waals surface area contributed by atoms with Crippen molar-refractivity contribution in [2.24, 2.45) is 0 Å². The Bertz CT molecular complexity index is 740. The molecule has 0 radical (unpaired) electrons. The van der Waals surface area contributed by atoms with Crippen LogP contribution in [0.3, 0.4) is 0 Å². The van der Waals surface area contributed by atoms with Crippen LogP contribution in [0, 0.1) is 0 Å². The highest BCUT2D eigenvalue weighted by Crippen LogP contribution is 2.54. The normalized spacial score (nSPS) is 22.5. The third-order valence-electron chi connectivity index (χ3n) is 4.75. The highest BCUT2D eigenvalue weighted by Gasteiger charge is 2.43. The van der Waals surface area contributed by atoms with E-state index in [-0.39, 0.29) is 11.9 Å². The number of anilines is 1. The number of hydrogen-bond donors (Lipinski definition) is 0. The predicted octanol–water partition coefficient (Wildman–Crippen LogP) is 4.59. The Kier molecular flexibility index (Phi) is 2.93. The smallest absolute Gasteiger partial charge is 0.224 e. The Morgan fingerprint density at radius 2 is 2.00 bits per heavy atom. The van der Waals surface area contributed by atoms with Crippen molar-refractivity contribution in [1.29, 1.82) is 0 Å². The SMILES string of the molecule is CC(=O)N1c2ccc(Br)cc2[C@H]2CCc3ccccc3[C@H]21. The monoisotopic (exact) mass is 341 g/mol. The summed E-state index contributed by atoms with van der Waals surface area (Å²) in [5.41, 5.74) is 5.09. The number of amides is 1. The lowest BCUT2D eigenvalue weighted by Gasteiger charge is -2.33. The first-order chi connectivity index (χ1) is 10.2. The predicted molar refractivity (Wildman–Crippen MR) is 87.5 cm³/mol. The molecule has 3 heteroatoms. The maximum Gasteiger partial charge on any atom is 0.224 e. The van der Waals surface area contributed by atoms with Crippen LogP contribution < -0.4 is 4.90 Å². The number of benzene rings is 2. The molecule has 0 spiro atoms. The topological polar surface area (TPSA) is 20.3 Å². The third kappa shape index (κ3) is 1.87. The number of hydrogen-bond acceptors (Lipinski definition) is 1. The Hall–Kier alpha value is -1.61. The molecular weight excluding hydrogens is 326 g/mol. The van der Waals surface area contributed by atoms with Crippen LogP contribution in [0.15, 0.2) is 46.9 Å². The summed E-state index contributed by atoms with van der Waals surface area (Å²) >= 11 is 3.57. The molecule has 2 aromatic carbocycles. The molecule has 21 heavy (non-hydrogen) atoms. The van der Waals surface area contributed by atoms with Gasteiger partial charge in [0.1, 0.15) is 0 Å². The fraction of sp³-hybridized carbons (Fsp3) is 0.278. The second-order valence-corrected chi connectivity index (χ2v) is 6.80. The standard InChI is InChI=1S/C18H16BrNO/c1-11(21)20-17-9-7-13(19)10-16(17)15-8-6-12-4-2-3-5-14(12)18(15)20/h2-5,7,9-10,15,18H,6,8H2,1H3/t15-,18-/m1/s1. The van der Waals surface area contributed by atoms with Crippen molar-refractivity contribution in [3.8, 4) is 0 Å². The number of fused-ring (bicyclic) bond motifs is 5. The van der Waals surface area contributed by atoms with Gasteiger partial charge in [-0.1, -0.05) is 40.2 Å². The molecular formula is C18H16BrNO. The largest absolute Gasteiger partial charge is 0.304 e. The minimum atomic E-state index is 0.128. The van der Waals surface area contributed by atoms with Crippen molar-refractivity contribution in [3.63, 3.8) is 0 Å². The number of aryl methyl sites for hydroxylation is 1. The van der Waals surface area contributed by atoms with Gasteiger partial charge < -0.3 is 4.90 Å². The molecule has 1 aliphatic carbocycles. The van der Waals surface area contributed by atoms with Crippen molar-refractivity contribution in [2.45, 2.75) is 31.7 Å². The zero-order chi connectivity index (χ0) is 14.6. The van der Waals surface area contributed by atoms with Crippen molar-refractivity contribution < 1.29 is 4.79 Å². The summed E-state index contributed by atoms with van der Waals surface area (Å²) in [4.78, 5) is 14.3. The zero-order valence-corrected chi connectivity index (χ0v) is 13.4. The van der Waals surface area contributed by atoms with Crippen LogP contribution in [-0.2, 0) is 11.2 Å². The fourth-order valence-electron chi connectivity index (χ4n) is 3.94. The molecule has 0 saturated carbocycles. The van der Waals surface area contributed by atoms with E-state index in [1.54, 1.807) is 6.92 Å². The highest BCUT2D eigenvalue weighted by atomic mass is 79.9. The second-order valence-electron chi connectivity index (χ2n) is 5.88. The van der Waals surface area contributed by atoms with Gasteiger partial charge in [0, 0.05) is 23.0 Å². The van der Waals surface area contributed by atoms with Crippen LogP contribution in [0.1, 0.15) is 42.0 Å². The van der Waals surface area contributed by atoms with E-state index in [1.807, 2.05) is 11.0 Å². The van der Waals surface area contributed by atoms with E-state index in [4.69, 9.17) is 0 Å². The van der Waals surface area contributed by atoms with E-state index in [0.717, 1.165) is 23.0 Å². The molecule has 0 saturated heterocycles. The molecule has 0 unspecified atom stereocenters. The van der Waals surface area contributed by atoms with Crippen molar-refractivity contribution in [3.05, 3.63) is 63.6 Å². The molecule has 1 aliphatic heterocycles. The summed E-state index contributed by atoms with van der Waals surface area (Å²) in [6.45, 7) is 1.67. The highest BCUT2D eigenvalue weighted by molar-refractivity contribution is 9.10. The second kappa shape index (κ2) is 4.70. The van der Waals surface area contributed by atoms with Crippen LogP contribution >= 0.6 is 15.9 Å². The summed E-state index contributed by atoms with van der Waals surface area (Å²) < 4.78 is 1.09. The first kappa shape index (κ1) is 13.1. The van der Waals surface area contributed by atoms with Crippen LogP contribution in [0.4, 0.5) is 5.69 Å². The number of nitrogens with zero attached hydrogens (tertiary/aromatic N) is 1. The lowest BCUT2D eigenvalue weighted by atomic mass is 9.78. The lowest BCUT2D eigenvalue weighted by molar-refractivity contribution is -0.117. The summed E-state index contributed by atoms with van der Waals surface area (Å²) in [7, 11) is 0. The zero-order valence-electron chi connectivity index (χ0n) is 11.8. The molecule has 4 rings (SSSR count). The van der Waals surface area contributed by atoms with E-state index in [9.17, 15) is 4.79 Å². The molecule has 0 fully saturated rings. The van der Waals surface area contributed by atoms with Gasteiger partial charge in [-0.3, -0.25) is 4.79 Å². The van der Waals surface area contributed by atoms with E-state index < -0.39 is 0 Å². The fourth-order valence-corrected chi connectivity index (χ4v) is 4.32. The number of carbonyl (C=O) groups excluding carboxylic acids is 1. The van der Waals surface area contributed by atoms with E-state index >= 15 is 0 Å². The Balaban J connectivity index is 1.94. The minimum absolute atomic E-state index is 0.128. The minimum Gasteiger partial charge on any atom is -0.304 e. The Morgan fingerprint density at radius 3 is 2.81 bits per heavy atom. The van der Waals surface area contributed by atoms with Crippen LogP contribution in [-0.4, -0.2) is 5.91 Å². The first-order valence-corrected chi connectivity index (χ1v) is 8.13. The molecule has 2 atom stereocenters. The molecule has 2 nitrogen and oxygen atoms in total. The Labute approximate surface area is 132 Å². The van der Waals surface area contributed by atoms with Gasteiger partial charge in [-0.15, -0.1) is 0 Å². The molecule has 2 aromatic rings. The van der Waals surface area contributed by atoms with Gasteiger partial charge in [0.05, 0.1) is 6.04 Å². The maximum atomic E-state index is 12.3. The maximum absolute atomic E-state index is 12.3. The van der Waals surface area contributed by atoms with E-state index in [2.05, 4.69) is 52.3 Å². The summed E-state index contributed by atoms with van der Waals surface area (Å²) in [5.74, 6) is 0.541. The molecule has 1 amide bonds. The average Bonchev–Trinajstić information content (AvgIpc) is 2.81. The van der Waals surface area contributed by atoms with Gasteiger partial charge in [0.25, 0.3) is 0 Å². The van der Waals surface area contributed by atoms with Crippen molar-refractivity contribution >= 4 is 27.5 Å². The molecule has 2 aliphatic rings. The van der Waals surface area contributed by atoms with E-state index in [1.165, 1.54) is 16.7 Å². The number of halogens is 1. The summed E-state index contributed by atoms with van der Waals surface area (Å²) in [5, 5.41) is 0. The molecule has 106 valence electrons. The molecule has 0 aromatic heterocycles. The van der Waals surface area contributed by atoms with Gasteiger partial charge in [0.15, 0.2) is 0 Å². The van der Waals surface area contributed by atoms with Crippen LogP contribution in [0.5, 0.6) is 0 Å². The summed E-state index contributed by atoms with van der Waals surface area (Å²) in [6.07, 6.45) is 2.20. The van der Waals surface area contributed by atoms with E-state index in [0.29, 0.717) is 5.92 Å². The quantitative estimate of drug-likeness (QED) is 0.686. The van der Waals surface area contributed by atoms with Gasteiger partial charge in [-0.25, -0.2) is 0 Å². The molecule has 0 bridgehead atoms. The number of rotatable bonds is 0.